The lowest BCUT2D eigenvalue weighted by atomic mass is 9.96. The first-order valence-electron chi connectivity index (χ1n) is 19.5. The first kappa shape index (κ1) is 34.5. The van der Waals surface area contributed by atoms with E-state index >= 15 is 0 Å². The predicted octanol–water partition coefficient (Wildman–Crippen LogP) is 14.6. The van der Waals surface area contributed by atoms with Crippen LogP contribution in [0.2, 0.25) is 0 Å². The monoisotopic (exact) mass is 750 g/mol. The molecule has 0 saturated carbocycles. The zero-order chi connectivity index (χ0) is 38.3. The normalized spacial score (nSPS) is 11.4. The van der Waals surface area contributed by atoms with E-state index in [-0.39, 0.29) is 0 Å². The quantitative estimate of drug-likeness (QED) is 0.176. The van der Waals surface area contributed by atoms with Crippen LogP contribution in [0.1, 0.15) is 20.3 Å². The maximum Gasteiger partial charge on any atom is 0.238 e. The highest BCUT2D eigenvalue weighted by Gasteiger charge is 2.23. The molecule has 57 heavy (non-hydrogen) atoms. The number of aromatic nitrogens is 4. The number of para-hydroxylation sites is 1. The van der Waals surface area contributed by atoms with Crippen molar-refractivity contribution < 1.29 is 0 Å². The molecular formula is C52H38N4S. The molecule has 0 saturated heterocycles. The first-order valence-corrected chi connectivity index (χ1v) is 20.3. The third-order valence-corrected chi connectivity index (χ3v) is 11.6. The second kappa shape index (κ2) is 14.6. The standard InChI is InChI=1S/C49H30N4S.C3H8/c1-3-13-31(14-4-1)32-25-27-35(28-26-32)48-50-47(34-16-5-2-6-17-34)51-49(52-48)53-41-30-29-33-15-7-8-18-36(33)44(41)40-22-11-21-38(46(40)53)37-20-12-24-43-45(37)39-19-9-10-23-42(39)54-43;1-3-2/h1-30H;3H2,1-2H3. The highest BCUT2D eigenvalue weighted by molar-refractivity contribution is 7.25. The molecule has 0 amide bonds. The van der Waals surface area contributed by atoms with Gasteiger partial charge in [0.25, 0.3) is 0 Å². The molecule has 0 aliphatic heterocycles. The molecule has 3 heterocycles. The third kappa shape index (κ3) is 6.04. The van der Waals surface area contributed by atoms with Crippen molar-refractivity contribution in [3.05, 3.63) is 182 Å². The van der Waals surface area contributed by atoms with Crippen LogP contribution < -0.4 is 0 Å². The van der Waals surface area contributed by atoms with E-state index in [2.05, 4.69) is 176 Å². The van der Waals surface area contributed by atoms with Crippen LogP contribution in [0, 0.1) is 0 Å². The summed E-state index contributed by atoms with van der Waals surface area (Å²) in [5, 5.41) is 7.27. The molecule has 0 aliphatic rings. The number of benzene rings is 8. The van der Waals surface area contributed by atoms with Crippen LogP contribution in [0.4, 0.5) is 0 Å². The molecule has 0 spiro atoms. The molecule has 0 fully saturated rings. The van der Waals surface area contributed by atoms with Gasteiger partial charge in [0.2, 0.25) is 5.95 Å². The molecule has 4 nitrogen and oxygen atoms in total. The number of fused-ring (bicyclic) bond motifs is 8. The van der Waals surface area contributed by atoms with Gasteiger partial charge in [-0.2, -0.15) is 9.97 Å². The second-order valence-corrected chi connectivity index (χ2v) is 15.4. The van der Waals surface area contributed by atoms with Gasteiger partial charge in [-0.25, -0.2) is 4.98 Å². The maximum atomic E-state index is 5.33. The average Bonchev–Trinajstić information content (AvgIpc) is 3.84. The molecule has 0 N–H and O–H groups in total. The van der Waals surface area contributed by atoms with Crippen molar-refractivity contribution in [3.8, 4) is 51.0 Å². The van der Waals surface area contributed by atoms with E-state index in [9.17, 15) is 0 Å². The zero-order valence-corrected chi connectivity index (χ0v) is 32.5. The van der Waals surface area contributed by atoms with Crippen LogP contribution >= 0.6 is 11.3 Å². The molecule has 0 unspecified atom stereocenters. The van der Waals surface area contributed by atoms with Crippen LogP contribution in [-0.4, -0.2) is 19.5 Å². The largest absolute Gasteiger partial charge is 0.277 e. The second-order valence-electron chi connectivity index (χ2n) is 14.3. The number of rotatable bonds is 5. The summed E-state index contributed by atoms with van der Waals surface area (Å²) in [5.74, 6) is 1.83. The van der Waals surface area contributed by atoms with E-state index in [1.165, 1.54) is 53.9 Å². The molecule has 272 valence electrons. The van der Waals surface area contributed by atoms with Gasteiger partial charge in [0.1, 0.15) is 0 Å². The van der Waals surface area contributed by atoms with Crippen molar-refractivity contribution in [2.75, 3.05) is 0 Å². The number of hydrogen-bond acceptors (Lipinski definition) is 4. The lowest BCUT2D eigenvalue weighted by molar-refractivity contribution is 0.954. The maximum absolute atomic E-state index is 5.33. The van der Waals surface area contributed by atoms with Gasteiger partial charge in [0.05, 0.1) is 11.0 Å². The Morgan fingerprint density at radius 1 is 0.421 bits per heavy atom. The Morgan fingerprint density at radius 3 is 1.72 bits per heavy atom. The van der Waals surface area contributed by atoms with Crippen LogP contribution in [0.25, 0.3) is 104 Å². The summed E-state index contributed by atoms with van der Waals surface area (Å²) < 4.78 is 4.83. The molecule has 3 aromatic heterocycles. The lowest BCUT2D eigenvalue weighted by Crippen LogP contribution is -2.07. The van der Waals surface area contributed by atoms with Gasteiger partial charge < -0.3 is 0 Å². The van der Waals surface area contributed by atoms with E-state index < -0.39 is 0 Å². The fourth-order valence-electron chi connectivity index (χ4n) is 8.01. The summed E-state index contributed by atoms with van der Waals surface area (Å²) in [7, 11) is 0. The Hall–Kier alpha value is -6.95. The van der Waals surface area contributed by atoms with Gasteiger partial charge in [-0.15, -0.1) is 11.3 Å². The minimum Gasteiger partial charge on any atom is -0.277 e. The fourth-order valence-corrected chi connectivity index (χ4v) is 9.14. The van der Waals surface area contributed by atoms with Gasteiger partial charge in [-0.1, -0.05) is 184 Å². The van der Waals surface area contributed by atoms with Crippen LogP contribution in [-0.2, 0) is 0 Å². The molecule has 8 aromatic carbocycles. The highest BCUT2D eigenvalue weighted by atomic mass is 32.1. The minimum absolute atomic E-state index is 0.580. The van der Waals surface area contributed by atoms with E-state index in [1.54, 1.807) is 0 Å². The summed E-state index contributed by atoms with van der Waals surface area (Å²) >= 11 is 1.84. The Bertz CT molecular complexity index is 3220. The number of hydrogen-bond donors (Lipinski definition) is 0. The Morgan fingerprint density at radius 2 is 0.965 bits per heavy atom. The third-order valence-electron chi connectivity index (χ3n) is 10.5. The molecular weight excluding hydrogens is 713 g/mol. The van der Waals surface area contributed by atoms with Gasteiger partial charge >= 0.3 is 0 Å². The van der Waals surface area contributed by atoms with Crippen molar-refractivity contribution in [2.24, 2.45) is 0 Å². The van der Waals surface area contributed by atoms with Crippen molar-refractivity contribution in [1.29, 1.82) is 0 Å². The summed E-state index contributed by atoms with van der Waals surface area (Å²) in [6.07, 6.45) is 1.25. The smallest absolute Gasteiger partial charge is 0.238 e. The Kier molecular flexibility index (Phi) is 8.85. The van der Waals surface area contributed by atoms with Crippen molar-refractivity contribution >= 4 is 64.1 Å². The predicted molar refractivity (Wildman–Crippen MR) is 242 cm³/mol. The average molecular weight is 751 g/mol. The molecule has 0 atom stereocenters. The lowest BCUT2D eigenvalue weighted by Gasteiger charge is -2.14. The molecule has 5 heteroatoms. The van der Waals surface area contributed by atoms with Gasteiger partial charge in [0.15, 0.2) is 11.6 Å². The minimum atomic E-state index is 0.580. The van der Waals surface area contributed by atoms with E-state index in [1.807, 2.05) is 35.6 Å². The first-order chi connectivity index (χ1) is 28.2. The van der Waals surface area contributed by atoms with E-state index in [0.717, 1.165) is 38.7 Å². The Balaban J connectivity index is 0.00000128. The fraction of sp³-hybridized carbons (Fsp3) is 0.0577. The molecule has 11 rings (SSSR count). The molecule has 0 aliphatic carbocycles. The van der Waals surface area contributed by atoms with Crippen LogP contribution in [0.5, 0.6) is 0 Å². The summed E-state index contributed by atoms with van der Waals surface area (Å²) in [6, 6.07) is 64.4. The molecule has 0 radical (unpaired) electrons. The van der Waals surface area contributed by atoms with Crippen molar-refractivity contribution in [3.63, 3.8) is 0 Å². The van der Waals surface area contributed by atoms with E-state index in [0.29, 0.717) is 17.6 Å². The summed E-state index contributed by atoms with van der Waals surface area (Å²) in [6.45, 7) is 4.25. The van der Waals surface area contributed by atoms with Crippen LogP contribution in [0.15, 0.2) is 182 Å². The summed E-state index contributed by atoms with van der Waals surface area (Å²) in [5.41, 5.74) is 8.63. The van der Waals surface area contributed by atoms with Gasteiger partial charge in [-0.05, 0) is 45.7 Å². The topological polar surface area (TPSA) is 43.6 Å². The Labute approximate surface area is 335 Å². The van der Waals surface area contributed by atoms with Crippen molar-refractivity contribution in [2.45, 2.75) is 20.3 Å². The van der Waals surface area contributed by atoms with E-state index in [4.69, 9.17) is 15.0 Å². The SMILES string of the molecule is CCC.c1ccc(-c2ccc(-c3nc(-c4ccccc4)nc(-n4c5ccc6ccccc6c5c5cccc(-c6cccc7sc8ccccc8c67)c54)n3)cc2)cc1. The number of thiophene rings is 1. The highest BCUT2D eigenvalue weighted by Crippen LogP contribution is 2.45. The summed E-state index contributed by atoms with van der Waals surface area (Å²) in [4.78, 5) is 15.7. The molecule has 11 aromatic rings. The van der Waals surface area contributed by atoms with Gasteiger partial charge in [0, 0.05) is 47.6 Å². The zero-order valence-electron chi connectivity index (χ0n) is 31.7. The molecule has 0 bridgehead atoms. The van der Waals surface area contributed by atoms with Crippen molar-refractivity contribution in [1.82, 2.24) is 19.5 Å². The number of nitrogens with zero attached hydrogens (tertiary/aromatic N) is 4. The van der Waals surface area contributed by atoms with Crippen LogP contribution in [0.3, 0.4) is 0 Å². The van der Waals surface area contributed by atoms with Gasteiger partial charge in [-0.3, -0.25) is 4.57 Å².